The molecule has 1 unspecified atom stereocenters. The van der Waals surface area contributed by atoms with Gasteiger partial charge in [0.2, 0.25) is 11.8 Å². The molecule has 1 aliphatic heterocycles. The number of nitrogens with one attached hydrogen (secondary N) is 2. The van der Waals surface area contributed by atoms with E-state index < -0.39 is 23.6 Å². The summed E-state index contributed by atoms with van der Waals surface area (Å²) in [6.07, 6.45) is 2.15. The monoisotopic (exact) mass is 576 g/mol. The molecule has 42 heavy (non-hydrogen) atoms. The van der Waals surface area contributed by atoms with Crippen LogP contribution in [0.5, 0.6) is 0 Å². The molecular formula is C35H48N2O5. The Hall–Kier alpha value is -3.32. The first-order valence-electron chi connectivity index (χ1n) is 15.3. The average molecular weight is 577 g/mol. The van der Waals surface area contributed by atoms with Gasteiger partial charge in [-0.3, -0.25) is 19.2 Å². The van der Waals surface area contributed by atoms with Crippen molar-refractivity contribution in [3.8, 4) is 0 Å². The summed E-state index contributed by atoms with van der Waals surface area (Å²) in [6, 6.07) is 16.3. The van der Waals surface area contributed by atoms with E-state index in [1.54, 1.807) is 6.92 Å². The van der Waals surface area contributed by atoms with Crippen molar-refractivity contribution in [2.24, 2.45) is 17.8 Å². The number of aryl methyl sites for hydroxylation is 2. The molecule has 1 fully saturated rings. The molecule has 2 aromatic carbocycles. The second kappa shape index (κ2) is 15.2. The predicted octanol–water partition coefficient (Wildman–Crippen LogP) is 5.17. The number of amides is 2. The van der Waals surface area contributed by atoms with Crippen molar-refractivity contribution in [2.75, 3.05) is 6.61 Å². The van der Waals surface area contributed by atoms with E-state index in [9.17, 15) is 19.2 Å². The third kappa shape index (κ3) is 10.5. The van der Waals surface area contributed by atoms with E-state index in [1.807, 2.05) is 89.2 Å². The van der Waals surface area contributed by atoms with Gasteiger partial charge >= 0.3 is 0 Å². The molecule has 4 atom stereocenters. The number of ether oxygens (including phenoxy) is 1. The number of hydrogen-bond donors (Lipinski definition) is 2. The molecule has 0 aliphatic carbocycles. The van der Waals surface area contributed by atoms with Gasteiger partial charge in [-0.1, -0.05) is 87.9 Å². The standard InChI is InChI=1S/C35H48N2O5/c1-23(2)18-29(36-32(39)17-16-26-14-12-25(5)13-15-26)31(38)21-28(20-27-10-8-7-9-11-27)34(41)37-30(19-24(3)4)33(40)35(6)22-42-35/h7-15,23-24,28-30H,16-22H2,1-6H3,(H,36,39)(H,37,41)/t28-,29+,30+,35?/m1/s1. The number of rotatable bonds is 17. The minimum atomic E-state index is -0.858. The first-order valence-corrected chi connectivity index (χ1v) is 15.3. The minimum absolute atomic E-state index is 0.0350. The molecule has 228 valence electrons. The highest BCUT2D eigenvalue weighted by Crippen LogP contribution is 2.30. The SMILES string of the molecule is Cc1ccc(CCC(=O)N[C@@H](CC(C)C)C(=O)C[C@@H](Cc2ccccc2)C(=O)N[C@@H](CC(C)C)C(=O)C2(C)CO2)cc1. The molecule has 1 saturated heterocycles. The molecule has 1 aliphatic rings. The van der Waals surface area contributed by atoms with E-state index in [4.69, 9.17) is 4.74 Å². The van der Waals surface area contributed by atoms with Crippen molar-refractivity contribution >= 4 is 23.4 Å². The maximum atomic E-state index is 13.7. The van der Waals surface area contributed by atoms with Crippen molar-refractivity contribution in [1.29, 1.82) is 0 Å². The van der Waals surface area contributed by atoms with Gasteiger partial charge in [0.25, 0.3) is 0 Å². The molecule has 0 saturated carbocycles. The Balaban J connectivity index is 1.73. The van der Waals surface area contributed by atoms with Gasteiger partial charge in [0.05, 0.1) is 18.7 Å². The smallest absolute Gasteiger partial charge is 0.224 e. The Bertz CT molecular complexity index is 1200. The molecular weight excluding hydrogens is 528 g/mol. The first-order chi connectivity index (χ1) is 19.9. The number of ketones is 2. The van der Waals surface area contributed by atoms with Crippen LogP contribution in [0.3, 0.4) is 0 Å². The van der Waals surface area contributed by atoms with E-state index >= 15 is 0 Å². The number of Topliss-reactive ketones (excluding diaryl/α,β-unsaturated/α-hetero) is 2. The maximum Gasteiger partial charge on any atom is 0.224 e. The largest absolute Gasteiger partial charge is 0.361 e. The second-order valence-corrected chi connectivity index (χ2v) is 12.9. The predicted molar refractivity (Wildman–Crippen MR) is 165 cm³/mol. The zero-order valence-electron chi connectivity index (χ0n) is 26.1. The van der Waals surface area contributed by atoms with Crippen LogP contribution in [0.4, 0.5) is 0 Å². The summed E-state index contributed by atoms with van der Waals surface area (Å²) < 4.78 is 5.39. The normalized spacial score (nSPS) is 18.3. The van der Waals surface area contributed by atoms with Crippen molar-refractivity contribution in [3.05, 3.63) is 71.3 Å². The van der Waals surface area contributed by atoms with Crippen LogP contribution in [0.15, 0.2) is 54.6 Å². The third-order valence-electron chi connectivity index (χ3n) is 7.77. The van der Waals surface area contributed by atoms with Gasteiger partial charge in [-0.05, 0) is 62.5 Å². The van der Waals surface area contributed by atoms with Gasteiger partial charge in [0, 0.05) is 18.8 Å². The fraction of sp³-hybridized carbons (Fsp3) is 0.543. The lowest BCUT2D eigenvalue weighted by Gasteiger charge is -2.26. The van der Waals surface area contributed by atoms with Crippen LogP contribution in [-0.2, 0) is 36.8 Å². The molecule has 3 rings (SSSR count). The average Bonchev–Trinajstić information content (AvgIpc) is 3.69. The highest BCUT2D eigenvalue weighted by molar-refractivity contribution is 5.98. The number of benzene rings is 2. The van der Waals surface area contributed by atoms with E-state index in [-0.39, 0.29) is 48.1 Å². The van der Waals surface area contributed by atoms with Gasteiger partial charge in [0.15, 0.2) is 11.6 Å². The summed E-state index contributed by atoms with van der Waals surface area (Å²) in [5, 5.41) is 5.94. The lowest BCUT2D eigenvalue weighted by molar-refractivity contribution is -0.135. The summed E-state index contributed by atoms with van der Waals surface area (Å²) in [4.78, 5) is 53.5. The van der Waals surface area contributed by atoms with Crippen LogP contribution in [-0.4, -0.2) is 47.7 Å². The fourth-order valence-corrected chi connectivity index (χ4v) is 5.17. The van der Waals surface area contributed by atoms with E-state index in [1.165, 1.54) is 0 Å². The van der Waals surface area contributed by atoms with Crippen LogP contribution >= 0.6 is 0 Å². The van der Waals surface area contributed by atoms with Gasteiger partial charge < -0.3 is 15.4 Å². The number of epoxide rings is 1. The summed E-state index contributed by atoms with van der Waals surface area (Å²) in [6.45, 7) is 12.1. The van der Waals surface area contributed by atoms with Crippen LogP contribution in [0, 0.1) is 24.7 Å². The van der Waals surface area contributed by atoms with E-state index in [0.29, 0.717) is 32.3 Å². The number of hydrogen-bond acceptors (Lipinski definition) is 5. The molecule has 0 radical (unpaired) electrons. The topological polar surface area (TPSA) is 105 Å². The second-order valence-electron chi connectivity index (χ2n) is 12.9. The zero-order valence-corrected chi connectivity index (χ0v) is 26.1. The lowest BCUT2D eigenvalue weighted by atomic mass is 9.87. The summed E-state index contributed by atoms with van der Waals surface area (Å²) >= 11 is 0. The minimum Gasteiger partial charge on any atom is -0.361 e. The molecule has 0 spiro atoms. The van der Waals surface area contributed by atoms with Gasteiger partial charge in [-0.15, -0.1) is 0 Å². The maximum absolute atomic E-state index is 13.7. The van der Waals surface area contributed by atoms with Crippen LogP contribution in [0.2, 0.25) is 0 Å². The first kappa shape index (κ1) is 33.2. The number of carbonyl (C=O) groups is 4. The van der Waals surface area contributed by atoms with Crippen LogP contribution < -0.4 is 10.6 Å². The molecule has 2 N–H and O–H groups in total. The van der Waals surface area contributed by atoms with Gasteiger partial charge in [-0.25, -0.2) is 0 Å². The van der Waals surface area contributed by atoms with E-state index in [2.05, 4.69) is 10.6 Å². The van der Waals surface area contributed by atoms with Crippen molar-refractivity contribution in [2.45, 2.75) is 97.8 Å². The Morgan fingerprint density at radius 2 is 1.43 bits per heavy atom. The summed E-state index contributed by atoms with van der Waals surface area (Å²) in [5.41, 5.74) is 2.30. The fourth-order valence-electron chi connectivity index (χ4n) is 5.17. The summed E-state index contributed by atoms with van der Waals surface area (Å²) in [7, 11) is 0. The summed E-state index contributed by atoms with van der Waals surface area (Å²) in [5.74, 6) is -1.15. The third-order valence-corrected chi connectivity index (χ3v) is 7.77. The van der Waals surface area contributed by atoms with Crippen LogP contribution in [0.1, 0.15) is 77.0 Å². The Morgan fingerprint density at radius 1 is 0.833 bits per heavy atom. The van der Waals surface area contributed by atoms with Gasteiger partial charge in [0.1, 0.15) is 5.60 Å². The van der Waals surface area contributed by atoms with E-state index in [0.717, 1.165) is 16.7 Å². The molecule has 0 bridgehead atoms. The van der Waals surface area contributed by atoms with Crippen LogP contribution in [0.25, 0.3) is 0 Å². The Labute approximate surface area is 251 Å². The molecule has 1 heterocycles. The molecule has 0 aromatic heterocycles. The molecule has 7 nitrogen and oxygen atoms in total. The highest BCUT2D eigenvalue weighted by Gasteiger charge is 2.50. The lowest BCUT2D eigenvalue weighted by Crippen LogP contribution is -2.50. The zero-order chi connectivity index (χ0) is 30.9. The molecule has 7 heteroatoms. The van der Waals surface area contributed by atoms with Crippen molar-refractivity contribution < 1.29 is 23.9 Å². The van der Waals surface area contributed by atoms with Crippen molar-refractivity contribution in [3.63, 3.8) is 0 Å². The van der Waals surface area contributed by atoms with Gasteiger partial charge in [-0.2, -0.15) is 0 Å². The Morgan fingerprint density at radius 3 is 2.00 bits per heavy atom. The highest BCUT2D eigenvalue weighted by atomic mass is 16.6. The molecule has 2 aromatic rings. The Kier molecular flexibility index (Phi) is 12.0. The quantitative estimate of drug-likeness (QED) is 0.253. The number of carbonyl (C=O) groups excluding carboxylic acids is 4. The van der Waals surface area contributed by atoms with Crippen molar-refractivity contribution in [1.82, 2.24) is 10.6 Å². The molecule has 2 amide bonds.